The zero-order valence-corrected chi connectivity index (χ0v) is 21.3. The van der Waals surface area contributed by atoms with E-state index < -0.39 is 0 Å². The van der Waals surface area contributed by atoms with E-state index in [2.05, 4.69) is 56.5 Å². The topological polar surface area (TPSA) is 47.4 Å². The summed E-state index contributed by atoms with van der Waals surface area (Å²) in [5, 5.41) is 0. The maximum absolute atomic E-state index is 13.2. The first-order valence-corrected chi connectivity index (χ1v) is 12.4. The first-order valence-electron chi connectivity index (χ1n) is 12.4. The molecule has 0 spiro atoms. The number of imidazole rings is 1. The van der Waals surface area contributed by atoms with Gasteiger partial charge in [0.25, 0.3) is 0 Å². The zero-order valence-electron chi connectivity index (χ0n) is 21.3. The molecule has 0 radical (unpaired) electrons. The summed E-state index contributed by atoms with van der Waals surface area (Å²) in [5.74, 6) is 1.85. The van der Waals surface area contributed by atoms with Crippen LogP contribution in [0.1, 0.15) is 52.9 Å². The smallest absolute Gasteiger partial charge is 0.227 e. The van der Waals surface area contributed by atoms with Crippen molar-refractivity contribution >= 4 is 22.6 Å². The van der Waals surface area contributed by atoms with E-state index in [0.717, 1.165) is 34.8 Å². The molecule has 1 fully saturated rings. The molecule has 5 nitrogen and oxygen atoms in total. The summed E-state index contributed by atoms with van der Waals surface area (Å²) in [7, 11) is 0. The van der Waals surface area contributed by atoms with Crippen LogP contribution in [-0.2, 0) is 11.3 Å². The minimum atomic E-state index is 0.0103. The number of benzene rings is 3. The SMILES string of the molecule is CCOc1ccccc1N1C[C@H](c2nc3ccccc3n2Cc2c(C)c(C)cc(C)c2C)CC1=O. The molecule has 0 saturated carbocycles. The average Bonchev–Trinajstić information content (AvgIpc) is 3.41. The summed E-state index contributed by atoms with van der Waals surface area (Å²) in [6, 6.07) is 18.4. The van der Waals surface area contributed by atoms with Crippen molar-refractivity contribution in [1.82, 2.24) is 9.55 Å². The molecule has 1 amide bonds. The summed E-state index contributed by atoms with van der Waals surface area (Å²) >= 11 is 0. The van der Waals surface area contributed by atoms with Crippen molar-refractivity contribution in [2.75, 3.05) is 18.1 Å². The number of para-hydroxylation sites is 4. The van der Waals surface area contributed by atoms with Crippen LogP contribution >= 0.6 is 0 Å². The van der Waals surface area contributed by atoms with Gasteiger partial charge in [-0.25, -0.2) is 4.98 Å². The van der Waals surface area contributed by atoms with Crippen LogP contribution in [-0.4, -0.2) is 28.6 Å². The second-order valence-corrected chi connectivity index (χ2v) is 9.59. The Morgan fingerprint density at radius 2 is 1.66 bits per heavy atom. The highest BCUT2D eigenvalue weighted by molar-refractivity contribution is 5.98. The summed E-state index contributed by atoms with van der Waals surface area (Å²) < 4.78 is 8.16. The number of aromatic nitrogens is 2. The average molecular weight is 468 g/mol. The maximum atomic E-state index is 13.2. The molecule has 0 aliphatic carbocycles. The van der Waals surface area contributed by atoms with Gasteiger partial charge in [0.05, 0.1) is 23.3 Å². The van der Waals surface area contributed by atoms with E-state index in [4.69, 9.17) is 9.72 Å². The van der Waals surface area contributed by atoms with Crippen LogP contribution < -0.4 is 9.64 Å². The van der Waals surface area contributed by atoms with E-state index in [9.17, 15) is 4.79 Å². The number of aryl methyl sites for hydroxylation is 2. The van der Waals surface area contributed by atoms with Gasteiger partial charge in [-0.1, -0.05) is 30.3 Å². The fourth-order valence-corrected chi connectivity index (χ4v) is 5.34. The lowest BCUT2D eigenvalue weighted by Crippen LogP contribution is -2.25. The van der Waals surface area contributed by atoms with Gasteiger partial charge in [0.15, 0.2) is 0 Å². The number of rotatable bonds is 6. The number of amides is 1. The Hall–Kier alpha value is -3.60. The highest BCUT2D eigenvalue weighted by Gasteiger charge is 2.36. The highest BCUT2D eigenvalue weighted by Crippen LogP contribution is 2.37. The quantitative estimate of drug-likeness (QED) is 0.337. The maximum Gasteiger partial charge on any atom is 0.227 e. The van der Waals surface area contributed by atoms with E-state index in [1.165, 1.54) is 27.8 Å². The highest BCUT2D eigenvalue weighted by atomic mass is 16.5. The van der Waals surface area contributed by atoms with E-state index in [1.54, 1.807) is 0 Å². The number of hydrogen-bond donors (Lipinski definition) is 0. The molecule has 1 atom stereocenters. The fraction of sp³-hybridized carbons (Fsp3) is 0.333. The number of carbonyl (C=O) groups excluding carboxylic acids is 1. The first kappa shape index (κ1) is 23.2. The molecule has 1 aliphatic rings. The summed E-state index contributed by atoms with van der Waals surface area (Å²) in [4.78, 5) is 20.2. The van der Waals surface area contributed by atoms with Crippen molar-refractivity contribution in [3.8, 4) is 5.75 Å². The predicted molar refractivity (Wildman–Crippen MR) is 142 cm³/mol. The molecule has 0 N–H and O–H groups in total. The summed E-state index contributed by atoms with van der Waals surface area (Å²) in [5.41, 5.74) is 9.54. The Kier molecular flexibility index (Phi) is 6.10. The van der Waals surface area contributed by atoms with E-state index in [-0.39, 0.29) is 11.8 Å². The molecule has 4 aromatic rings. The molecule has 1 aromatic heterocycles. The molecule has 0 bridgehead atoms. The van der Waals surface area contributed by atoms with E-state index in [1.807, 2.05) is 42.2 Å². The third kappa shape index (κ3) is 4.09. The Morgan fingerprint density at radius 3 is 2.40 bits per heavy atom. The molecule has 5 heteroatoms. The number of fused-ring (bicyclic) bond motifs is 1. The molecule has 3 aromatic carbocycles. The normalized spacial score (nSPS) is 15.9. The fourth-order valence-electron chi connectivity index (χ4n) is 5.34. The lowest BCUT2D eigenvalue weighted by Gasteiger charge is -2.21. The number of hydrogen-bond acceptors (Lipinski definition) is 3. The summed E-state index contributed by atoms with van der Waals surface area (Å²) in [6.07, 6.45) is 0.439. The van der Waals surface area contributed by atoms with Crippen molar-refractivity contribution < 1.29 is 9.53 Å². The number of nitrogens with zero attached hydrogens (tertiary/aromatic N) is 3. The monoisotopic (exact) mass is 467 g/mol. The van der Waals surface area contributed by atoms with E-state index in [0.29, 0.717) is 19.6 Å². The van der Waals surface area contributed by atoms with Crippen molar-refractivity contribution in [1.29, 1.82) is 0 Å². The van der Waals surface area contributed by atoms with Gasteiger partial charge in [-0.3, -0.25) is 4.79 Å². The van der Waals surface area contributed by atoms with Gasteiger partial charge in [-0.05, 0) is 86.7 Å². The molecule has 2 heterocycles. The Bertz CT molecular complexity index is 1390. The van der Waals surface area contributed by atoms with Gasteiger partial charge >= 0.3 is 0 Å². The number of ether oxygens (including phenoxy) is 1. The van der Waals surface area contributed by atoms with Gasteiger partial charge in [-0.2, -0.15) is 0 Å². The largest absolute Gasteiger partial charge is 0.492 e. The molecule has 180 valence electrons. The molecule has 35 heavy (non-hydrogen) atoms. The minimum Gasteiger partial charge on any atom is -0.492 e. The number of anilines is 1. The van der Waals surface area contributed by atoms with E-state index >= 15 is 0 Å². The second kappa shape index (κ2) is 9.21. The van der Waals surface area contributed by atoms with Gasteiger partial charge in [0, 0.05) is 25.4 Å². The Morgan fingerprint density at radius 1 is 0.971 bits per heavy atom. The van der Waals surface area contributed by atoms with Crippen LogP contribution in [0.25, 0.3) is 11.0 Å². The first-order chi connectivity index (χ1) is 16.9. The lowest BCUT2D eigenvalue weighted by atomic mass is 9.94. The number of carbonyl (C=O) groups is 1. The van der Waals surface area contributed by atoms with Crippen LogP contribution in [0.15, 0.2) is 54.6 Å². The van der Waals surface area contributed by atoms with Gasteiger partial charge in [0.2, 0.25) is 5.91 Å². The van der Waals surface area contributed by atoms with Crippen molar-refractivity contribution in [2.24, 2.45) is 0 Å². The van der Waals surface area contributed by atoms with Gasteiger partial charge in [-0.15, -0.1) is 0 Å². The molecule has 5 rings (SSSR count). The zero-order chi connectivity index (χ0) is 24.7. The molecular weight excluding hydrogens is 434 g/mol. The molecule has 1 aliphatic heterocycles. The molecular formula is C30H33N3O2. The molecule has 0 unspecified atom stereocenters. The van der Waals surface area contributed by atoms with Crippen LogP contribution in [0, 0.1) is 27.7 Å². The third-order valence-corrected chi connectivity index (χ3v) is 7.47. The van der Waals surface area contributed by atoms with Crippen LogP contribution in [0.5, 0.6) is 5.75 Å². The van der Waals surface area contributed by atoms with Crippen LogP contribution in [0.4, 0.5) is 5.69 Å². The summed E-state index contributed by atoms with van der Waals surface area (Å²) in [6.45, 7) is 12.6. The van der Waals surface area contributed by atoms with Crippen molar-refractivity contribution in [3.05, 3.63) is 88.2 Å². The van der Waals surface area contributed by atoms with Crippen LogP contribution in [0.3, 0.4) is 0 Å². The lowest BCUT2D eigenvalue weighted by molar-refractivity contribution is -0.117. The van der Waals surface area contributed by atoms with Gasteiger partial charge in [0.1, 0.15) is 11.6 Å². The second-order valence-electron chi connectivity index (χ2n) is 9.59. The van der Waals surface area contributed by atoms with Gasteiger partial charge < -0.3 is 14.2 Å². The third-order valence-electron chi connectivity index (χ3n) is 7.47. The Labute approximate surface area is 207 Å². The van der Waals surface area contributed by atoms with Crippen molar-refractivity contribution in [3.63, 3.8) is 0 Å². The minimum absolute atomic E-state index is 0.0103. The van der Waals surface area contributed by atoms with Crippen molar-refractivity contribution in [2.45, 2.75) is 53.5 Å². The Balaban J connectivity index is 1.57. The predicted octanol–water partition coefficient (Wildman–Crippen LogP) is 6.24. The van der Waals surface area contributed by atoms with Crippen LogP contribution in [0.2, 0.25) is 0 Å². The molecule has 1 saturated heterocycles. The standard InChI is InChI=1S/C30H33N3O2/c1-6-35-28-14-10-9-13-27(28)32-17-23(16-29(32)34)30-31-25-11-7-8-12-26(25)33(30)18-24-21(4)19(2)15-20(3)22(24)5/h7-15,23H,6,16-18H2,1-5H3/t23-/m1/s1.